The highest BCUT2D eigenvalue weighted by Crippen LogP contribution is 2.23. The molecule has 1 aromatic carbocycles. The molecule has 0 spiro atoms. The van der Waals surface area contributed by atoms with E-state index in [-0.39, 0.29) is 6.04 Å². The van der Waals surface area contributed by atoms with E-state index in [2.05, 4.69) is 55.4 Å². The Labute approximate surface area is 131 Å². The minimum atomic E-state index is 0.280. The summed E-state index contributed by atoms with van der Waals surface area (Å²) in [5.74, 6) is 0.544. The minimum Gasteiger partial charge on any atom is -0.327 e. The third-order valence-electron chi connectivity index (χ3n) is 3.70. The summed E-state index contributed by atoms with van der Waals surface area (Å²) < 4.78 is 0. The monoisotopic (exact) mass is 303 g/mol. The molecule has 21 heavy (non-hydrogen) atoms. The van der Waals surface area contributed by atoms with Gasteiger partial charge in [0.2, 0.25) is 0 Å². The lowest BCUT2D eigenvalue weighted by molar-refractivity contribution is 0.294. The first-order chi connectivity index (χ1) is 10.1. The van der Waals surface area contributed by atoms with Crippen molar-refractivity contribution in [1.82, 2.24) is 9.88 Å². The first-order valence-electron chi connectivity index (χ1n) is 7.50. The van der Waals surface area contributed by atoms with E-state index in [0.717, 1.165) is 30.2 Å². The molecule has 2 N–H and O–H groups in total. The Kier molecular flexibility index (Phi) is 5.91. The number of aromatic nitrogens is 1. The fraction of sp³-hybridized carbons (Fsp3) is 0.471. The van der Waals surface area contributed by atoms with E-state index in [9.17, 15) is 0 Å². The zero-order valence-corrected chi connectivity index (χ0v) is 13.9. The van der Waals surface area contributed by atoms with Crippen LogP contribution in [0.5, 0.6) is 0 Å². The van der Waals surface area contributed by atoms with Gasteiger partial charge in [-0.25, -0.2) is 4.98 Å². The maximum absolute atomic E-state index is 6.10. The topological polar surface area (TPSA) is 42.1 Å². The van der Waals surface area contributed by atoms with Gasteiger partial charge in [0.1, 0.15) is 5.01 Å². The van der Waals surface area contributed by atoms with Crippen LogP contribution < -0.4 is 5.73 Å². The molecule has 0 saturated carbocycles. The number of hydrogen-bond donors (Lipinski definition) is 1. The Morgan fingerprint density at radius 1 is 1.24 bits per heavy atom. The third kappa shape index (κ3) is 4.92. The number of nitrogens with two attached hydrogens (primary N) is 1. The molecule has 0 radical (unpaired) electrons. The highest BCUT2D eigenvalue weighted by atomic mass is 32.1. The summed E-state index contributed by atoms with van der Waals surface area (Å²) in [4.78, 5) is 7.03. The summed E-state index contributed by atoms with van der Waals surface area (Å²) in [6, 6.07) is 10.6. The van der Waals surface area contributed by atoms with E-state index >= 15 is 0 Å². The van der Waals surface area contributed by atoms with Crippen molar-refractivity contribution < 1.29 is 0 Å². The van der Waals surface area contributed by atoms with E-state index in [1.807, 2.05) is 6.07 Å². The average molecular weight is 303 g/mol. The van der Waals surface area contributed by atoms with Gasteiger partial charge in [-0.2, -0.15) is 0 Å². The normalized spacial score (nSPS) is 13.0. The molecular formula is C17H25N3S. The SMILES string of the molecule is CC(C)C(N)CCN(C)Cc1csc(-c2ccccc2)n1. The molecule has 2 rings (SSSR count). The number of rotatable bonds is 7. The van der Waals surface area contributed by atoms with Crippen molar-refractivity contribution in [2.75, 3.05) is 13.6 Å². The van der Waals surface area contributed by atoms with E-state index < -0.39 is 0 Å². The van der Waals surface area contributed by atoms with Crippen molar-refractivity contribution in [2.45, 2.75) is 32.9 Å². The van der Waals surface area contributed by atoms with Gasteiger partial charge in [0, 0.05) is 23.5 Å². The molecular weight excluding hydrogens is 278 g/mol. The molecule has 0 bridgehead atoms. The predicted octanol–water partition coefficient (Wildman–Crippen LogP) is 3.62. The lowest BCUT2D eigenvalue weighted by Crippen LogP contribution is -2.31. The zero-order valence-electron chi connectivity index (χ0n) is 13.1. The van der Waals surface area contributed by atoms with Gasteiger partial charge >= 0.3 is 0 Å². The Bertz CT molecular complexity index is 536. The molecule has 1 atom stereocenters. The number of benzene rings is 1. The second kappa shape index (κ2) is 7.69. The van der Waals surface area contributed by atoms with Crippen LogP contribution in [-0.4, -0.2) is 29.5 Å². The highest BCUT2D eigenvalue weighted by Gasteiger charge is 2.10. The molecule has 114 valence electrons. The maximum atomic E-state index is 6.10. The van der Waals surface area contributed by atoms with E-state index in [0.29, 0.717) is 5.92 Å². The van der Waals surface area contributed by atoms with Gasteiger partial charge in [0.25, 0.3) is 0 Å². The summed E-state index contributed by atoms with van der Waals surface area (Å²) in [7, 11) is 2.13. The van der Waals surface area contributed by atoms with Crippen LogP contribution >= 0.6 is 11.3 Å². The minimum absolute atomic E-state index is 0.280. The number of thiazole rings is 1. The second-order valence-corrected chi connectivity index (χ2v) is 6.80. The molecule has 3 nitrogen and oxygen atoms in total. The van der Waals surface area contributed by atoms with Crippen LogP contribution in [0.3, 0.4) is 0 Å². The predicted molar refractivity (Wildman–Crippen MR) is 91.3 cm³/mol. The third-order valence-corrected chi connectivity index (χ3v) is 4.65. The van der Waals surface area contributed by atoms with Crippen LogP contribution in [0, 0.1) is 5.92 Å². The Balaban J connectivity index is 1.88. The largest absolute Gasteiger partial charge is 0.327 e. The van der Waals surface area contributed by atoms with Gasteiger partial charge in [-0.1, -0.05) is 44.2 Å². The Morgan fingerprint density at radius 3 is 2.62 bits per heavy atom. The van der Waals surface area contributed by atoms with E-state index in [1.165, 1.54) is 5.56 Å². The fourth-order valence-corrected chi connectivity index (χ4v) is 2.97. The van der Waals surface area contributed by atoms with Gasteiger partial charge in [-0.05, 0) is 25.9 Å². The fourth-order valence-electron chi connectivity index (χ4n) is 2.15. The number of nitrogens with zero attached hydrogens (tertiary/aromatic N) is 2. The second-order valence-electron chi connectivity index (χ2n) is 5.94. The molecule has 1 unspecified atom stereocenters. The molecule has 1 heterocycles. The highest BCUT2D eigenvalue weighted by molar-refractivity contribution is 7.13. The standard InChI is InChI=1S/C17H25N3S/c1-13(2)16(18)9-10-20(3)11-15-12-21-17(19-15)14-7-5-4-6-8-14/h4-8,12-13,16H,9-11,18H2,1-3H3. The smallest absolute Gasteiger partial charge is 0.123 e. The van der Waals surface area contributed by atoms with Crippen molar-refractivity contribution >= 4 is 11.3 Å². The molecule has 0 amide bonds. The van der Waals surface area contributed by atoms with E-state index in [1.54, 1.807) is 11.3 Å². The van der Waals surface area contributed by atoms with Gasteiger partial charge < -0.3 is 10.6 Å². The first kappa shape index (κ1) is 16.1. The Morgan fingerprint density at radius 2 is 1.95 bits per heavy atom. The number of hydrogen-bond acceptors (Lipinski definition) is 4. The summed E-state index contributed by atoms with van der Waals surface area (Å²) in [5, 5.41) is 3.25. The van der Waals surface area contributed by atoms with Crippen LogP contribution in [0.15, 0.2) is 35.7 Å². The van der Waals surface area contributed by atoms with E-state index in [4.69, 9.17) is 10.7 Å². The molecule has 0 aliphatic rings. The van der Waals surface area contributed by atoms with Crippen LogP contribution in [-0.2, 0) is 6.54 Å². The van der Waals surface area contributed by atoms with Crippen molar-refractivity contribution in [2.24, 2.45) is 11.7 Å². The molecule has 1 aromatic heterocycles. The van der Waals surface area contributed by atoms with Crippen LogP contribution in [0.2, 0.25) is 0 Å². The zero-order chi connectivity index (χ0) is 15.2. The maximum Gasteiger partial charge on any atom is 0.123 e. The molecule has 2 aromatic rings. The molecule has 0 aliphatic heterocycles. The van der Waals surface area contributed by atoms with Gasteiger partial charge in [0.05, 0.1) is 5.69 Å². The average Bonchev–Trinajstić information content (AvgIpc) is 2.94. The van der Waals surface area contributed by atoms with Crippen LogP contribution in [0.1, 0.15) is 26.0 Å². The molecule has 0 aliphatic carbocycles. The summed E-state index contributed by atoms with van der Waals surface area (Å²) >= 11 is 1.71. The lowest BCUT2D eigenvalue weighted by atomic mass is 10.0. The quantitative estimate of drug-likeness (QED) is 0.849. The Hall–Kier alpha value is -1.23. The van der Waals surface area contributed by atoms with Crippen molar-refractivity contribution in [3.63, 3.8) is 0 Å². The van der Waals surface area contributed by atoms with Crippen molar-refractivity contribution in [1.29, 1.82) is 0 Å². The molecule has 4 heteroatoms. The summed E-state index contributed by atoms with van der Waals surface area (Å²) in [5.41, 5.74) is 8.43. The van der Waals surface area contributed by atoms with Crippen molar-refractivity contribution in [3.8, 4) is 10.6 Å². The molecule has 0 fully saturated rings. The van der Waals surface area contributed by atoms with Gasteiger partial charge in [0.15, 0.2) is 0 Å². The van der Waals surface area contributed by atoms with Gasteiger partial charge in [-0.15, -0.1) is 11.3 Å². The van der Waals surface area contributed by atoms with Gasteiger partial charge in [-0.3, -0.25) is 0 Å². The first-order valence-corrected chi connectivity index (χ1v) is 8.38. The molecule has 0 saturated heterocycles. The lowest BCUT2D eigenvalue weighted by Gasteiger charge is -2.20. The summed E-state index contributed by atoms with van der Waals surface area (Å²) in [6.45, 7) is 6.25. The van der Waals surface area contributed by atoms with Crippen molar-refractivity contribution in [3.05, 3.63) is 41.4 Å². The van der Waals surface area contributed by atoms with Crippen LogP contribution in [0.4, 0.5) is 0 Å². The summed E-state index contributed by atoms with van der Waals surface area (Å²) in [6.07, 6.45) is 1.03. The van der Waals surface area contributed by atoms with Crippen LogP contribution in [0.25, 0.3) is 10.6 Å².